The van der Waals surface area contributed by atoms with Crippen molar-refractivity contribution in [3.63, 3.8) is 0 Å². The van der Waals surface area contributed by atoms with Gasteiger partial charge in [0.05, 0.1) is 32.5 Å². The predicted molar refractivity (Wildman–Crippen MR) is 135 cm³/mol. The number of rotatable bonds is 6. The van der Waals surface area contributed by atoms with E-state index < -0.39 is 0 Å². The molecule has 32 heavy (non-hydrogen) atoms. The fourth-order valence-electron chi connectivity index (χ4n) is 2.85. The molecule has 4 rings (SSSR count). The van der Waals surface area contributed by atoms with Gasteiger partial charge in [0.2, 0.25) is 0 Å². The van der Waals surface area contributed by atoms with E-state index in [0.717, 1.165) is 10.8 Å². The van der Waals surface area contributed by atoms with Gasteiger partial charge in [0.25, 0.3) is 0 Å². The average Bonchev–Trinajstić information content (AvgIpc) is 2.78. The quantitative estimate of drug-likeness (QED) is 0.216. The molecular weight excluding hydrogens is 490 g/mol. The first-order valence-electron chi connectivity index (χ1n) is 9.26. The molecule has 0 aliphatic rings. The standard InChI is InChI=1S/C22H14Cl4N6/c23-17-7-3-8-18(24)15(17)11-27-29-21-13-5-1-2-6-14(13)22(32-31-21)30-28-12-16-19(25)9-4-10-20(16)26/h1-12H,(H,29,31)(H,30,32)/b27-11-,28-12-. The summed E-state index contributed by atoms with van der Waals surface area (Å²) in [6.07, 6.45) is 3.07. The lowest BCUT2D eigenvalue weighted by molar-refractivity contribution is 1.03. The van der Waals surface area contributed by atoms with E-state index in [4.69, 9.17) is 46.4 Å². The molecule has 6 nitrogen and oxygen atoms in total. The fourth-order valence-corrected chi connectivity index (χ4v) is 3.84. The minimum Gasteiger partial charge on any atom is -0.259 e. The highest BCUT2D eigenvalue weighted by molar-refractivity contribution is 6.39. The van der Waals surface area contributed by atoms with Crippen LogP contribution >= 0.6 is 46.4 Å². The molecule has 1 heterocycles. The molecule has 0 bridgehead atoms. The van der Waals surface area contributed by atoms with E-state index in [1.807, 2.05) is 24.3 Å². The van der Waals surface area contributed by atoms with Gasteiger partial charge in [0, 0.05) is 21.9 Å². The van der Waals surface area contributed by atoms with Crippen LogP contribution in [-0.4, -0.2) is 22.6 Å². The van der Waals surface area contributed by atoms with Crippen LogP contribution in [-0.2, 0) is 0 Å². The van der Waals surface area contributed by atoms with Crippen molar-refractivity contribution in [2.45, 2.75) is 0 Å². The van der Waals surface area contributed by atoms with Crippen LogP contribution in [0.4, 0.5) is 11.6 Å². The molecule has 0 amide bonds. The van der Waals surface area contributed by atoms with Gasteiger partial charge in [-0.1, -0.05) is 82.8 Å². The van der Waals surface area contributed by atoms with E-state index in [9.17, 15) is 0 Å². The van der Waals surface area contributed by atoms with E-state index in [1.54, 1.807) is 36.4 Å². The van der Waals surface area contributed by atoms with Crippen LogP contribution in [0.3, 0.4) is 0 Å². The van der Waals surface area contributed by atoms with Crippen molar-refractivity contribution in [2.24, 2.45) is 10.2 Å². The Hall–Kier alpha value is -2.90. The highest BCUT2D eigenvalue weighted by Gasteiger charge is 2.09. The molecule has 0 aliphatic carbocycles. The van der Waals surface area contributed by atoms with Gasteiger partial charge < -0.3 is 0 Å². The van der Waals surface area contributed by atoms with Crippen molar-refractivity contribution in [3.8, 4) is 0 Å². The molecule has 0 fully saturated rings. The fraction of sp³-hybridized carbons (Fsp3) is 0. The monoisotopic (exact) mass is 502 g/mol. The number of benzene rings is 3. The van der Waals surface area contributed by atoms with Gasteiger partial charge in [0.15, 0.2) is 11.6 Å². The van der Waals surface area contributed by atoms with E-state index in [2.05, 4.69) is 31.3 Å². The summed E-state index contributed by atoms with van der Waals surface area (Å²) in [5.74, 6) is 0.924. The number of hydrazone groups is 2. The van der Waals surface area contributed by atoms with Crippen molar-refractivity contribution in [1.82, 2.24) is 10.2 Å². The summed E-state index contributed by atoms with van der Waals surface area (Å²) in [4.78, 5) is 0. The zero-order valence-electron chi connectivity index (χ0n) is 16.2. The number of halogens is 4. The minimum atomic E-state index is 0.462. The van der Waals surface area contributed by atoms with Crippen LogP contribution in [0.5, 0.6) is 0 Å². The molecule has 10 heteroatoms. The van der Waals surface area contributed by atoms with Crippen molar-refractivity contribution >= 4 is 81.2 Å². The van der Waals surface area contributed by atoms with E-state index >= 15 is 0 Å². The lowest BCUT2D eigenvalue weighted by Crippen LogP contribution is -2.02. The Bertz CT molecular complexity index is 1200. The highest BCUT2D eigenvalue weighted by Crippen LogP contribution is 2.27. The van der Waals surface area contributed by atoms with E-state index in [-0.39, 0.29) is 0 Å². The second-order valence-electron chi connectivity index (χ2n) is 6.45. The Morgan fingerprint density at radius 2 is 0.938 bits per heavy atom. The van der Waals surface area contributed by atoms with Gasteiger partial charge in [-0.3, -0.25) is 10.9 Å². The van der Waals surface area contributed by atoms with E-state index in [1.165, 1.54) is 12.4 Å². The zero-order valence-corrected chi connectivity index (χ0v) is 19.3. The van der Waals surface area contributed by atoms with Gasteiger partial charge in [-0.05, 0) is 24.3 Å². The van der Waals surface area contributed by atoms with Crippen molar-refractivity contribution in [1.29, 1.82) is 0 Å². The molecule has 0 atom stereocenters. The summed E-state index contributed by atoms with van der Waals surface area (Å²) >= 11 is 24.7. The summed E-state index contributed by atoms with van der Waals surface area (Å²) in [5.41, 5.74) is 6.99. The topological polar surface area (TPSA) is 74.6 Å². The molecule has 0 aliphatic heterocycles. The number of nitrogens with one attached hydrogen (secondary N) is 2. The molecule has 0 saturated carbocycles. The maximum atomic E-state index is 6.17. The van der Waals surface area contributed by atoms with Crippen LogP contribution in [0.1, 0.15) is 11.1 Å². The molecule has 4 aromatic rings. The van der Waals surface area contributed by atoms with Gasteiger partial charge in [-0.15, -0.1) is 10.2 Å². The summed E-state index contributed by atoms with van der Waals surface area (Å²) in [6.45, 7) is 0. The Morgan fingerprint density at radius 3 is 1.31 bits per heavy atom. The van der Waals surface area contributed by atoms with Crippen LogP contribution in [0.2, 0.25) is 20.1 Å². The average molecular weight is 504 g/mol. The van der Waals surface area contributed by atoms with Crippen molar-refractivity contribution in [3.05, 3.63) is 91.9 Å². The number of anilines is 2. The van der Waals surface area contributed by atoms with Crippen LogP contribution in [0.25, 0.3) is 10.8 Å². The molecule has 3 aromatic carbocycles. The van der Waals surface area contributed by atoms with Crippen LogP contribution in [0, 0.1) is 0 Å². The summed E-state index contributed by atoms with van der Waals surface area (Å²) in [7, 11) is 0. The molecular formula is C22H14Cl4N6. The maximum absolute atomic E-state index is 6.17. The molecule has 0 unspecified atom stereocenters. The summed E-state index contributed by atoms with van der Waals surface area (Å²) in [5, 5.41) is 20.4. The predicted octanol–water partition coefficient (Wildman–Crippen LogP) is 7.14. The Kier molecular flexibility index (Phi) is 7.07. The number of hydrogen-bond donors (Lipinski definition) is 2. The van der Waals surface area contributed by atoms with Crippen LogP contribution < -0.4 is 10.9 Å². The lowest BCUT2D eigenvalue weighted by Gasteiger charge is -2.08. The third kappa shape index (κ3) is 4.95. The van der Waals surface area contributed by atoms with Crippen molar-refractivity contribution in [2.75, 3.05) is 10.9 Å². The second-order valence-corrected chi connectivity index (χ2v) is 8.08. The smallest absolute Gasteiger partial charge is 0.176 e. The first-order chi connectivity index (χ1) is 15.5. The summed E-state index contributed by atoms with van der Waals surface area (Å²) < 4.78 is 0. The molecule has 1 aromatic heterocycles. The SMILES string of the molecule is Clc1cccc(Cl)c1/C=N\Nc1nnc(N/N=C\c2c(Cl)cccc2Cl)c2ccccc12. The Balaban J connectivity index is 1.58. The molecule has 0 radical (unpaired) electrons. The van der Waals surface area contributed by atoms with Crippen LogP contribution in [0.15, 0.2) is 70.9 Å². The third-order valence-corrected chi connectivity index (χ3v) is 5.73. The first-order valence-corrected chi connectivity index (χ1v) is 10.8. The number of aromatic nitrogens is 2. The first kappa shape index (κ1) is 22.3. The summed E-state index contributed by atoms with van der Waals surface area (Å²) in [6, 6.07) is 18.0. The largest absolute Gasteiger partial charge is 0.259 e. The normalized spacial score (nSPS) is 11.5. The van der Waals surface area contributed by atoms with Gasteiger partial charge in [-0.25, -0.2) is 0 Å². The van der Waals surface area contributed by atoms with Gasteiger partial charge >= 0.3 is 0 Å². The highest BCUT2D eigenvalue weighted by atomic mass is 35.5. The second kappa shape index (κ2) is 10.1. The number of nitrogens with zero attached hydrogens (tertiary/aromatic N) is 4. The van der Waals surface area contributed by atoms with Gasteiger partial charge in [0.1, 0.15) is 0 Å². The Labute approximate surface area is 203 Å². The zero-order chi connectivity index (χ0) is 22.5. The molecule has 0 saturated heterocycles. The van der Waals surface area contributed by atoms with Crippen molar-refractivity contribution < 1.29 is 0 Å². The molecule has 2 N–H and O–H groups in total. The number of hydrogen-bond acceptors (Lipinski definition) is 6. The molecule has 0 spiro atoms. The lowest BCUT2D eigenvalue weighted by atomic mass is 10.2. The molecule has 160 valence electrons. The Morgan fingerprint density at radius 1 is 0.562 bits per heavy atom. The number of fused-ring (bicyclic) bond motifs is 1. The minimum absolute atomic E-state index is 0.462. The maximum Gasteiger partial charge on any atom is 0.176 e. The third-order valence-electron chi connectivity index (χ3n) is 4.41. The van der Waals surface area contributed by atoms with E-state index in [0.29, 0.717) is 42.9 Å². The van der Waals surface area contributed by atoms with Gasteiger partial charge in [-0.2, -0.15) is 10.2 Å².